The summed E-state index contributed by atoms with van der Waals surface area (Å²) in [5, 5.41) is 8.88. The Hall–Kier alpha value is -1.34. The van der Waals surface area contributed by atoms with Crippen LogP contribution in [0, 0.1) is 17.4 Å². The van der Waals surface area contributed by atoms with Gasteiger partial charge in [0.15, 0.2) is 9.84 Å². The molecule has 0 heterocycles. The number of nitrogens with zero attached hydrogens (tertiary/aromatic N) is 1. The summed E-state index contributed by atoms with van der Waals surface area (Å²) in [6, 6.07) is 9.13. The van der Waals surface area contributed by atoms with Crippen LogP contribution >= 0.6 is 0 Å². The summed E-state index contributed by atoms with van der Waals surface area (Å²) < 4.78 is 24.6. The number of hydrogen-bond donors (Lipinski definition) is 0. The average Bonchev–Trinajstić information content (AvgIpc) is 2.73. The number of hydrogen-bond acceptors (Lipinski definition) is 3. The largest absolute Gasteiger partial charge is 0.224 e. The fourth-order valence-corrected chi connectivity index (χ4v) is 5.05. The van der Waals surface area contributed by atoms with Crippen molar-refractivity contribution in [2.45, 2.75) is 115 Å². The van der Waals surface area contributed by atoms with Gasteiger partial charge < -0.3 is 0 Å². The Morgan fingerprint density at radius 1 is 0.793 bits per heavy atom. The van der Waals surface area contributed by atoms with Crippen LogP contribution < -0.4 is 0 Å². The topological polar surface area (TPSA) is 57.9 Å². The summed E-state index contributed by atoms with van der Waals surface area (Å²) in [6.07, 6.45) is 20.4. The zero-order chi connectivity index (χ0) is 21.2. The first kappa shape index (κ1) is 25.7. The molecule has 1 aromatic rings. The fourth-order valence-electron chi connectivity index (χ4n) is 3.66. The number of benzene rings is 1. The van der Waals surface area contributed by atoms with E-state index in [0.717, 1.165) is 12.8 Å². The van der Waals surface area contributed by atoms with Crippen molar-refractivity contribution in [3.8, 4) is 6.07 Å². The van der Waals surface area contributed by atoms with Crippen LogP contribution in [0.15, 0.2) is 23.1 Å². The fraction of sp³-hybridized carbons (Fsp3) is 0.720. The minimum Gasteiger partial charge on any atom is -0.224 e. The average molecular weight is 419 g/mol. The van der Waals surface area contributed by atoms with Crippen LogP contribution in [-0.2, 0) is 9.84 Å². The minimum atomic E-state index is -3.28. The van der Waals surface area contributed by atoms with Crippen LogP contribution in [0.1, 0.15) is 115 Å². The third-order valence-electron chi connectivity index (χ3n) is 5.52. The van der Waals surface area contributed by atoms with Gasteiger partial charge in [-0.15, -0.1) is 0 Å². The van der Waals surface area contributed by atoms with Gasteiger partial charge in [0.25, 0.3) is 0 Å². The van der Waals surface area contributed by atoms with Crippen molar-refractivity contribution in [1.29, 1.82) is 5.26 Å². The molecule has 0 saturated carbocycles. The normalized spacial score (nSPS) is 11.4. The zero-order valence-electron chi connectivity index (χ0n) is 18.4. The molecule has 3 nitrogen and oxygen atoms in total. The molecule has 1 aromatic carbocycles. The van der Waals surface area contributed by atoms with Crippen molar-refractivity contribution in [2.75, 3.05) is 5.75 Å². The molecule has 163 valence electrons. The summed E-state index contributed by atoms with van der Waals surface area (Å²) in [6.45, 7) is 2.27. The van der Waals surface area contributed by atoms with E-state index in [1.165, 1.54) is 102 Å². The molecule has 1 rings (SSSR count). The minimum absolute atomic E-state index is 0.167. The molecular formula is C25H40NO2S. The first-order valence-electron chi connectivity index (χ1n) is 11.7. The van der Waals surface area contributed by atoms with Gasteiger partial charge in [0.2, 0.25) is 0 Å². The lowest BCUT2D eigenvalue weighted by Crippen LogP contribution is -2.07. The first-order valence-corrected chi connectivity index (χ1v) is 13.4. The summed E-state index contributed by atoms with van der Waals surface area (Å²) >= 11 is 0. The quantitative estimate of drug-likeness (QED) is 0.233. The smallest absolute Gasteiger partial charge is 0.178 e. The van der Waals surface area contributed by atoms with Gasteiger partial charge in [-0.1, -0.05) is 109 Å². The third-order valence-corrected chi connectivity index (χ3v) is 7.32. The van der Waals surface area contributed by atoms with Crippen molar-refractivity contribution in [3.63, 3.8) is 0 Å². The Balaban J connectivity index is 1.94. The van der Waals surface area contributed by atoms with Crippen molar-refractivity contribution in [2.24, 2.45) is 0 Å². The molecule has 0 aliphatic rings. The van der Waals surface area contributed by atoms with E-state index in [1.54, 1.807) is 0 Å². The molecule has 0 unspecified atom stereocenters. The molecule has 0 aromatic heterocycles. The molecule has 4 heteroatoms. The van der Waals surface area contributed by atoms with Crippen molar-refractivity contribution in [3.05, 3.63) is 29.8 Å². The Bertz CT molecular complexity index is 676. The van der Waals surface area contributed by atoms with Crippen LogP contribution in [0.5, 0.6) is 0 Å². The molecule has 0 fully saturated rings. The highest BCUT2D eigenvalue weighted by Crippen LogP contribution is 2.16. The number of sulfone groups is 1. The van der Waals surface area contributed by atoms with Crippen molar-refractivity contribution in [1.82, 2.24) is 0 Å². The first-order chi connectivity index (χ1) is 14.1. The second-order valence-electron chi connectivity index (χ2n) is 8.17. The number of nitriles is 1. The van der Waals surface area contributed by atoms with Crippen molar-refractivity contribution < 1.29 is 8.42 Å². The second kappa shape index (κ2) is 16.5. The highest BCUT2D eigenvalue weighted by Gasteiger charge is 2.14. The Morgan fingerprint density at radius 3 is 1.69 bits per heavy atom. The van der Waals surface area contributed by atoms with Gasteiger partial charge in [-0.05, 0) is 18.6 Å². The summed E-state index contributed by atoms with van der Waals surface area (Å²) in [4.78, 5) is 0.244. The van der Waals surface area contributed by atoms with E-state index in [1.807, 2.05) is 6.07 Å². The predicted molar refractivity (Wildman–Crippen MR) is 122 cm³/mol. The second-order valence-corrected chi connectivity index (χ2v) is 10.3. The lowest BCUT2D eigenvalue weighted by atomic mass is 10.0. The van der Waals surface area contributed by atoms with Gasteiger partial charge >= 0.3 is 0 Å². The van der Waals surface area contributed by atoms with E-state index in [-0.39, 0.29) is 16.2 Å². The monoisotopic (exact) mass is 418 g/mol. The maximum Gasteiger partial charge on any atom is 0.178 e. The lowest BCUT2D eigenvalue weighted by Gasteiger charge is -2.05. The Kier molecular flexibility index (Phi) is 14.6. The maximum absolute atomic E-state index is 12.3. The van der Waals surface area contributed by atoms with E-state index in [0.29, 0.717) is 6.42 Å². The van der Waals surface area contributed by atoms with Gasteiger partial charge in [0.1, 0.15) is 0 Å². The third kappa shape index (κ3) is 12.7. The molecular weight excluding hydrogens is 378 g/mol. The molecule has 0 amide bonds. The van der Waals surface area contributed by atoms with Crippen LogP contribution in [0.4, 0.5) is 0 Å². The molecule has 0 bridgehead atoms. The van der Waals surface area contributed by atoms with E-state index in [2.05, 4.69) is 13.0 Å². The number of rotatable bonds is 18. The van der Waals surface area contributed by atoms with E-state index < -0.39 is 9.84 Å². The summed E-state index contributed by atoms with van der Waals surface area (Å²) in [7, 11) is -3.28. The maximum atomic E-state index is 12.3. The van der Waals surface area contributed by atoms with Gasteiger partial charge in [-0.25, -0.2) is 8.42 Å². The molecule has 29 heavy (non-hydrogen) atoms. The van der Waals surface area contributed by atoms with Crippen LogP contribution in [0.2, 0.25) is 0 Å². The van der Waals surface area contributed by atoms with E-state index >= 15 is 0 Å². The lowest BCUT2D eigenvalue weighted by molar-refractivity contribution is 0.531. The van der Waals surface area contributed by atoms with Crippen LogP contribution in [0.3, 0.4) is 0 Å². The Morgan fingerprint density at radius 2 is 1.24 bits per heavy atom. The van der Waals surface area contributed by atoms with Crippen molar-refractivity contribution >= 4 is 9.84 Å². The van der Waals surface area contributed by atoms with E-state index in [4.69, 9.17) is 5.26 Å². The molecule has 1 radical (unpaired) electrons. The molecule has 0 aliphatic heterocycles. The SMILES string of the molecule is CCCCCCCCCCCCCCCCCCS(=O)(=O)c1cc[c]c(C#N)c1. The molecule has 0 aliphatic carbocycles. The Labute approximate surface area is 179 Å². The highest BCUT2D eigenvalue weighted by molar-refractivity contribution is 7.91. The zero-order valence-corrected chi connectivity index (χ0v) is 19.2. The molecule has 0 saturated heterocycles. The highest BCUT2D eigenvalue weighted by atomic mass is 32.2. The van der Waals surface area contributed by atoms with Gasteiger partial charge in [0, 0.05) is 6.07 Å². The predicted octanol–water partition coefficient (Wildman–Crippen LogP) is 7.39. The summed E-state index contributed by atoms with van der Waals surface area (Å²) in [5.41, 5.74) is 0.276. The molecule has 0 atom stereocenters. The van der Waals surface area contributed by atoms with Gasteiger partial charge in [0.05, 0.1) is 22.3 Å². The summed E-state index contributed by atoms with van der Waals surface area (Å²) in [5.74, 6) is 0.167. The van der Waals surface area contributed by atoms with Crippen LogP contribution in [-0.4, -0.2) is 14.2 Å². The standard InChI is InChI=1S/C25H40NO2S/c1-2-3-4-5-6-7-8-9-10-11-12-13-14-15-16-17-21-29(27,28)25-20-18-19-24(22-25)23-26/h18,20,22H,2-17,21H2,1H3. The molecule has 0 spiro atoms. The van der Waals surface area contributed by atoms with Gasteiger partial charge in [-0.2, -0.15) is 5.26 Å². The van der Waals surface area contributed by atoms with E-state index in [9.17, 15) is 8.42 Å². The number of unbranched alkanes of at least 4 members (excludes halogenated alkanes) is 15. The molecule has 0 N–H and O–H groups in total. The van der Waals surface area contributed by atoms with Gasteiger partial charge in [-0.3, -0.25) is 0 Å². The van der Waals surface area contributed by atoms with Crippen LogP contribution in [0.25, 0.3) is 0 Å².